The van der Waals surface area contributed by atoms with Gasteiger partial charge in [-0.3, -0.25) is 4.79 Å². The number of esters is 1. The Kier molecular flexibility index (Phi) is 3.52. The zero-order valence-corrected chi connectivity index (χ0v) is 11.8. The second-order valence-electron chi connectivity index (χ2n) is 4.37. The Morgan fingerprint density at radius 2 is 2.25 bits per heavy atom. The van der Waals surface area contributed by atoms with Gasteiger partial charge in [-0.2, -0.15) is 0 Å². The summed E-state index contributed by atoms with van der Waals surface area (Å²) >= 11 is 1.56. The predicted molar refractivity (Wildman–Crippen MR) is 77.7 cm³/mol. The van der Waals surface area contributed by atoms with Gasteiger partial charge in [0.25, 0.3) is 0 Å². The topological polar surface area (TPSA) is 52.3 Å². The maximum absolute atomic E-state index is 11.1. The molecule has 0 amide bonds. The molecule has 0 atom stereocenters. The van der Waals surface area contributed by atoms with Crippen LogP contribution in [0.4, 0.5) is 0 Å². The molecular formula is C15H13NO3S. The van der Waals surface area contributed by atoms with Crippen molar-refractivity contribution in [1.29, 1.82) is 0 Å². The zero-order chi connectivity index (χ0) is 13.9. The van der Waals surface area contributed by atoms with Crippen molar-refractivity contribution in [2.45, 2.75) is 12.8 Å². The van der Waals surface area contributed by atoms with E-state index in [0.717, 1.165) is 27.2 Å². The summed E-state index contributed by atoms with van der Waals surface area (Å²) in [6.07, 6.45) is 2.68. The van der Waals surface area contributed by atoms with Gasteiger partial charge in [-0.1, -0.05) is 18.2 Å². The SMILES string of the molecule is COC(=O)CCc1csc(-c2coc3ccccc23)n1. The molecule has 3 aromatic rings. The minimum absolute atomic E-state index is 0.215. The lowest BCUT2D eigenvalue weighted by Gasteiger charge is -1.96. The number of aromatic nitrogens is 1. The number of rotatable bonds is 4. The van der Waals surface area contributed by atoms with E-state index >= 15 is 0 Å². The molecule has 3 rings (SSSR count). The minimum Gasteiger partial charge on any atom is -0.469 e. The Labute approximate surface area is 120 Å². The lowest BCUT2D eigenvalue weighted by molar-refractivity contribution is -0.140. The molecule has 0 fully saturated rings. The molecule has 1 aromatic carbocycles. The fourth-order valence-electron chi connectivity index (χ4n) is 2.02. The van der Waals surface area contributed by atoms with E-state index in [9.17, 15) is 4.79 Å². The Morgan fingerprint density at radius 1 is 1.40 bits per heavy atom. The van der Waals surface area contributed by atoms with E-state index in [4.69, 9.17) is 4.42 Å². The Bertz CT molecular complexity index is 744. The van der Waals surface area contributed by atoms with Crippen LogP contribution in [0.2, 0.25) is 0 Å². The van der Waals surface area contributed by atoms with E-state index in [2.05, 4.69) is 9.72 Å². The molecule has 0 N–H and O–H groups in total. The number of furan rings is 1. The van der Waals surface area contributed by atoms with Gasteiger partial charge in [0.05, 0.1) is 24.8 Å². The van der Waals surface area contributed by atoms with Gasteiger partial charge in [-0.25, -0.2) is 4.98 Å². The highest BCUT2D eigenvalue weighted by atomic mass is 32.1. The number of para-hydroxylation sites is 1. The molecule has 0 saturated heterocycles. The van der Waals surface area contributed by atoms with Gasteiger partial charge in [-0.05, 0) is 6.07 Å². The average molecular weight is 287 g/mol. The fraction of sp³-hybridized carbons (Fsp3) is 0.200. The molecule has 4 nitrogen and oxygen atoms in total. The fourth-order valence-corrected chi connectivity index (χ4v) is 2.89. The Balaban J connectivity index is 1.84. The summed E-state index contributed by atoms with van der Waals surface area (Å²) in [6.45, 7) is 0. The summed E-state index contributed by atoms with van der Waals surface area (Å²) in [5.74, 6) is -0.215. The maximum atomic E-state index is 11.1. The first-order chi connectivity index (χ1) is 9.78. The summed E-state index contributed by atoms with van der Waals surface area (Å²) in [7, 11) is 1.40. The molecule has 0 unspecified atom stereocenters. The van der Waals surface area contributed by atoms with Crippen LogP contribution in [0.1, 0.15) is 12.1 Å². The molecule has 0 bridgehead atoms. The van der Waals surface area contributed by atoms with Crippen LogP contribution >= 0.6 is 11.3 Å². The van der Waals surface area contributed by atoms with E-state index in [0.29, 0.717) is 12.8 Å². The van der Waals surface area contributed by atoms with Gasteiger partial charge < -0.3 is 9.15 Å². The van der Waals surface area contributed by atoms with Crippen LogP contribution in [-0.4, -0.2) is 18.1 Å². The lowest BCUT2D eigenvalue weighted by Crippen LogP contribution is -2.01. The number of aryl methyl sites for hydroxylation is 1. The van der Waals surface area contributed by atoms with Crippen LogP contribution in [-0.2, 0) is 16.0 Å². The van der Waals surface area contributed by atoms with Crippen molar-refractivity contribution >= 4 is 28.3 Å². The number of nitrogens with zero attached hydrogens (tertiary/aromatic N) is 1. The number of carbonyl (C=O) groups is 1. The van der Waals surface area contributed by atoms with E-state index in [1.165, 1.54) is 7.11 Å². The van der Waals surface area contributed by atoms with Crippen LogP contribution in [0, 0.1) is 0 Å². The normalized spacial score (nSPS) is 10.8. The van der Waals surface area contributed by atoms with Crippen molar-refractivity contribution in [1.82, 2.24) is 4.98 Å². The van der Waals surface area contributed by atoms with Gasteiger partial charge in [0.1, 0.15) is 16.9 Å². The molecule has 2 aromatic heterocycles. The highest BCUT2D eigenvalue weighted by Gasteiger charge is 2.12. The maximum Gasteiger partial charge on any atom is 0.305 e. The summed E-state index contributed by atoms with van der Waals surface area (Å²) in [5.41, 5.74) is 2.75. The lowest BCUT2D eigenvalue weighted by atomic mass is 10.2. The van der Waals surface area contributed by atoms with Crippen molar-refractivity contribution in [3.63, 3.8) is 0 Å². The van der Waals surface area contributed by atoms with Gasteiger partial charge >= 0.3 is 5.97 Å². The van der Waals surface area contributed by atoms with Crippen LogP contribution in [0.25, 0.3) is 21.5 Å². The van der Waals surface area contributed by atoms with Gasteiger partial charge in [-0.15, -0.1) is 11.3 Å². The van der Waals surface area contributed by atoms with E-state index in [1.807, 2.05) is 29.6 Å². The number of ether oxygens (including phenoxy) is 1. The van der Waals surface area contributed by atoms with E-state index in [1.54, 1.807) is 17.6 Å². The Hall–Kier alpha value is -2.14. The highest BCUT2D eigenvalue weighted by molar-refractivity contribution is 7.13. The van der Waals surface area contributed by atoms with Crippen LogP contribution < -0.4 is 0 Å². The summed E-state index contributed by atoms with van der Waals surface area (Å²) in [5, 5.41) is 3.94. The third-order valence-electron chi connectivity index (χ3n) is 3.08. The molecule has 0 aliphatic rings. The van der Waals surface area contributed by atoms with Crippen molar-refractivity contribution in [2.24, 2.45) is 0 Å². The first-order valence-corrected chi connectivity index (χ1v) is 7.13. The second-order valence-corrected chi connectivity index (χ2v) is 5.22. The first-order valence-electron chi connectivity index (χ1n) is 6.26. The van der Waals surface area contributed by atoms with Crippen LogP contribution in [0.15, 0.2) is 40.3 Å². The van der Waals surface area contributed by atoms with Crippen molar-refractivity contribution in [2.75, 3.05) is 7.11 Å². The smallest absolute Gasteiger partial charge is 0.305 e. The Morgan fingerprint density at radius 3 is 3.10 bits per heavy atom. The van der Waals surface area contributed by atoms with E-state index < -0.39 is 0 Å². The highest BCUT2D eigenvalue weighted by Crippen LogP contribution is 2.32. The number of carbonyl (C=O) groups excluding carboxylic acids is 1. The quantitative estimate of drug-likeness (QED) is 0.687. The van der Waals surface area contributed by atoms with Gasteiger partial charge in [0.2, 0.25) is 0 Å². The number of benzene rings is 1. The molecular weight excluding hydrogens is 274 g/mol. The van der Waals surface area contributed by atoms with Crippen molar-refractivity contribution in [3.8, 4) is 10.6 Å². The molecule has 20 heavy (non-hydrogen) atoms. The van der Waals surface area contributed by atoms with Crippen LogP contribution in [0.3, 0.4) is 0 Å². The van der Waals surface area contributed by atoms with Crippen molar-refractivity contribution in [3.05, 3.63) is 41.6 Å². The molecule has 0 aliphatic heterocycles. The number of thiazole rings is 1. The summed E-state index contributed by atoms with van der Waals surface area (Å²) in [6, 6.07) is 7.88. The third kappa shape index (κ3) is 2.44. The standard InChI is InChI=1S/C15H13NO3S/c1-18-14(17)7-6-10-9-20-15(16-10)12-8-19-13-5-3-2-4-11(12)13/h2-5,8-9H,6-7H2,1H3. The summed E-state index contributed by atoms with van der Waals surface area (Å²) < 4.78 is 10.2. The second kappa shape index (κ2) is 5.46. The predicted octanol–water partition coefficient (Wildman–Crippen LogP) is 3.66. The molecule has 0 spiro atoms. The monoisotopic (exact) mass is 287 g/mol. The molecule has 0 radical (unpaired) electrons. The number of fused-ring (bicyclic) bond motifs is 1. The van der Waals surface area contributed by atoms with Crippen molar-refractivity contribution < 1.29 is 13.9 Å². The van der Waals surface area contributed by atoms with Crippen LogP contribution in [0.5, 0.6) is 0 Å². The average Bonchev–Trinajstić information content (AvgIpc) is 3.10. The van der Waals surface area contributed by atoms with Gasteiger partial charge in [0.15, 0.2) is 0 Å². The number of hydrogen-bond acceptors (Lipinski definition) is 5. The number of hydrogen-bond donors (Lipinski definition) is 0. The summed E-state index contributed by atoms with van der Waals surface area (Å²) in [4.78, 5) is 15.7. The van der Waals surface area contributed by atoms with Gasteiger partial charge in [0, 0.05) is 17.2 Å². The molecule has 0 aliphatic carbocycles. The minimum atomic E-state index is -0.215. The molecule has 102 valence electrons. The third-order valence-corrected chi connectivity index (χ3v) is 4.00. The first kappa shape index (κ1) is 12.9. The zero-order valence-electron chi connectivity index (χ0n) is 11.0. The molecule has 5 heteroatoms. The molecule has 0 saturated carbocycles. The van der Waals surface area contributed by atoms with E-state index in [-0.39, 0.29) is 5.97 Å². The molecule has 2 heterocycles. The largest absolute Gasteiger partial charge is 0.469 e. The number of methoxy groups -OCH3 is 1.